The molecule has 0 saturated carbocycles. The van der Waals surface area contributed by atoms with E-state index in [4.69, 9.17) is 4.74 Å². The molecule has 1 saturated heterocycles. The summed E-state index contributed by atoms with van der Waals surface area (Å²) in [5.41, 5.74) is 3.29. The lowest BCUT2D eigenvalue weighted by Crippen LogP contribution is -2.45. The van der Waals surface area contributed by atoms with Crippen molar-refractivity contribution in [3.63, 3.8) is 0 Å². The molecule has 30 heavy (non-hydrogen) atoms. The Morgan fingerprint density at radius 2 is 1.70 bits per heavy atom. The first kappa shape index (κ1) is 21.8. The molecular weight excluding hydrogens is 378 g/mol. The minimum absolute atomic E-state index is 0.0288. The zero-order valence-corrected chi connectivity index (χ0v) is 17.8. The first-order chi connectivity index (χ1) is 14.5. The Morgan fingerprint density at radius 1 is 1.03 bits per heavy atom. The van der Waals surface area contributed by atoms with Crippen molar-refractivity contribution in [3.8, 4) is 0 Å². The average Bonchev–Trinajstić information content (AvgIpc) is 2.79. The number of anilines is 1. The monoisotopic (exact) mass is 409 g/mol. The summed E-state index contributed by atoms with van der Waals surface area (Å²) < 4.78 is 4.76. The zero-order valence-electron chi connectivity index (χ0n) is 17.8. The number of piperidine rings is 1. The van der Waals surface area contributed by atoms with E-state index in [-0.39, 0.29) is 11.9 Å². The Morgan fingerprint density at radius 3 is 2.33 bits per heavy atom. The van der Waals surface area contributed by atoms with E-state index in [1.54, 1.807) is 0 Å². The second kappa shape index (κ2) is 10.8. The van der Waals surface area contributed by atoms with Crippen molar-refractivity contribution in [3.05, 3.63) is 65.7 Å². The number of carbonyl (C=O) groups excluding carboxylic acids is 2. The van der Waals surface area contributed by atoms with Crippen LogP contribution in [-0.2, 0) is 27.3 Å². The highest BCUT2D eigenvalue weighted by Crippen LogP contribution is 2.22. The van der Waals surface area contributed by atoms with Crippen molar-refractivity contribution in [2.45, 2.75) is 31.8 Å². The minimum atomic E-state index is -0.191. The van der Waals surface area contributed by atoms with E-state index in [1.807, 2.05) is 49.5 Å². The summed E-state index contributed by atoms with van der Waals surface area (Å²) in [7, 11) is 3.41. The SMILES string of the molecule is COC(=O)CN(C)C1CCN(c2ccc(CC(=O)NCc3ccccc3)cc2)CC1. The van der Waals surface area contributed by atoms with Crippen LogP contribution in [0.3, 0.4) is 0 Å². The summed E-state index contributed by atoms with van der Waals surface area (Å²) in [6.07, 6.45) is 2.40. The molecule has 0 radical (unpaired) electrons. The smallest absolute Gasteiger partial charge is 0.319 e. The van der Waals surface area contributed by atoms with Gasteiger partial charge in [0, 0.05) is 31.4 Å². The lowest BCUT2D eigenvalue weighted by atomic mass is 10.0. The van der Waals surface area contributed by atoms with Gasteiger partial charge >= 0.3 is 5.97 Å². The van der Waals surface area contributed by atoms with Gasteiger partial charge in [-0.1, -0.05) is 42.5 Å². The quantitative estimate of drug-likeness (QED) is 0.679. The van der Waals surface area contributed by atoms with Gasteiger partial charge in [-0.25, -0.2) is 0 Å². The van der Waals surface area contributed by atoms with Crippen LogP contribution in [0.1, 0.15) is 24.0 Å². The summed E-state index contributed by atoms with van der Waals surface area (Å²) in [5.74, 6) is -0.163. The van der Waals surface area contributed by atoms with Gasteiger partial charge in [0.05, 0.1) is 20.1 Å². The topological polar surface area (TPSA) is 61.9 Å². The number of hydrogen-bond donors (Lipinski definition) is 1. The molecule has 1 heterocycles. The molecule has 2 aromatic rings. The zero-order chi connectivity index (χ0) is 21.3. The van der Waals surface area contributed by atoms with Crippen molar-refractivity contribution < 1.29 is 14.3 Å². The van der Waals surface area contributed by atoms with Gasteiger partial charge in [0.25, 0.3) is 0 Å². The lowest BCUT2D eigenvalue weighted by molar-refractivity contribution is -0.142. The summed E-state index contributed by atoms with van der Waals surface area (Å²) in [6, 6.07) is 18.6. The molecular formula is C24H31N3O3. The van der Waals surface area contributed by atoms with E-state index >= 15 is 0 Å². The molecule has 1 aliphatic rings. The average molecular weight is 410 g/mol. The number of nitrogens with one attached hydrogen (secondary N) is 1. The predicted molar refractivity (Wildman–Crippen MR) is 118 cm³/mol. The molecule has 0 spiro atoms. The molecule has 6 heteroatoms. The van der Waals surface area contributed by atoms with E-state index < -0.39 is 0 Å². The van der Waals surface area contributed by atoms with E-state index in [1.165, 1.54) is 12.8 Å². The van der Waals surface area contributed by atoms with Gasteiger partial charge in [0.15, 0.2) is 0 Å². The number of hydrogen-bond acceptors (Lipinski definition) is 5. The summed E-state index contributed by atoms with van der Waals surface area (Å²) >= 11 is 0. The molecule has 0 aliphatic carbocycles. The van der Waals surface area contributed by atoms with Crippen LogP contribution in [-0.4, -0.2) is 56.6 Å². The van der Waals surface area contributed by atoms with Crippen LogP contribution in [0.4, 0.5) is 5.69 Å². The maximum absolute atomic E-state index is 12.2. The number of benzene rings is 2. The molecule has 2 aromatic carbocycles. The molecule has 0 bridgehead atoms. The van der Waals surface area contributed by atoms with Crippen LogP contribution >= 0.6 is 0 Å². The number of esters is 1. The highest BCUT2D eigenvalue weighted by atomic mass is 16.5. The highest BCUT2D eigenvalue weighted by Gasteiger charge is 2.24. The third-order valence-electron chi connectivity index (χ3n) is 5.69. The third kappa shape index (κ3) is 6.32. The molecule has 1 amide bonds. The van der Waals surface area contributed by atoms with E-state index in [0.29, 0.717) is 25.6 Å². The molecule has 0 unspecified atom stereocenters. The fraction of sp³-hybridized carbons (Fsp3) is 0.417. The summed E-state index contributed by atoms with van der Waals surface area (Å²) in [6.45, 7) is 2.79. The number of likely N-dealkylation sites (N-methyl/N-ethyl adjacent to an activating group) is 1. The Balaban J connectivity index is 1.44. The summed E-state index contributed by atoms with van der Waals surface area (Å²) in [4.78, 5) is 28.1. The van der Waals surface area contributed by atoms with Crippen molar-refractivity contribution >= 4 is 17.6 Å². The van der Waals surface area contributed by atoms with E-state index in [0.717, 1.165) is 37.1 Å². The molecule has 3 rings (SSSR count). The van der Waals surface area contributed by atoms with Gasteiger partial charge in [-0.05, 0) is 43.1 Å². The van der Waals surface area contributed by atoms with Crippen molar-refractivity contribution in [1.29, 1.82) is 0 Å². The number of carbonyl (C=O) groups is 2. The fourth-order valence-electron chi connectivity index (χ4n) is 3.83. The maximum atomic E-state index is 12.2. The molecule has 0 atom stereocenters. The number of methoxy groups -OCH3 is 1. The molecule has 160 valence electrons. The van der Waals surface area contributed by atoms with E-state index in [2.05, 4.69) is 27.2 Å². The van der Waals surface area contributed by atoms with Gasteiger partial charge in [0.2, 0.25) is 5.91 Å². The van der Waals surface area contributed by atoms with Crippen LogP contribution in [0, 0.1) is 0 Å². The molecule has 1 aliphatic heterocycles. The Hall–Kier alpha value is -2.86. The number of ether oxygens (including phenoxy) is 1. The van der Waals surface area contributed by atoms with Crippen LogP contribution in [0.15, 0.2) is 54.6 Å². The van der Waals surface area contributed by atoms with Gasteiger partial charge < -0.3 is 15.0 Å². The highest BCUT2D eigenvalue weighted by molar-refractivity contribution is 5.78. The van der Waals surface area contributed by atoms with Gasteiger partial charge in [-0.15, -0.1) is 0 Å². The third-order valence-corrected chi connectivity index (χ3v) is 5.69. The number of rotatable bonds is 8. The number of amides is 1. The maximum Gasteiger partial charge on any atom is 0.319 e. The first-order valence-corrected chi connectivity index (χ1v) is 10.5. The Labute approximate surface area is 178 Å². The second-order valence-electron chi connectivity index (χ2n) is 7.82. The van der Waals surface area contributed by atoms with Crippen molar-refractivity contribution in [1.82, 2.24) is 10.2 Å². The fourth-order valence-corrected chi connectivity index (χ4v) is 3.83. The normalized spacial score (nSPS) is 14.6. The Bertz CT molecular complexity index is 815. The second-order valence-corrected chi connectivity index (χ2v) is 7.82. The van der Waals surface area contributed by atoms with Crippen molar-refractivity contribution in [2.24, 2.45) is 0 Å². The molecule has 1 N–H and O–H groups in total. The standard InChI is InChI=1S/C24H31N3O3/c1-26(18-24(29)30-2)21-12-14-27(15-13-21)22-10-8-19(9-11-22)16-23(28)25-17-20-6-4-3-5-7-20/h3-11,21H,12-18H2,1-2H3,(H,25,28). The molecule has 1 fully saturated rings. The Kier molecular flexibility index (Phi) is 7.85. The van der Waals surface area contributed by atoms with Crippen LogP contribution < -0.4 is 10.2 Å². The first-order valence-electron chi connectivity index (χ1n) is 10.5. The van der Waals surface area contributed by atoms with Gasteiger partial charge in [-0.2, -0.15) is 0 Å². The molecule has 6 nitrogen and oxygen atoms in total. The minimum Gasteiger partial charge on any atom is -0.468 e. The largest absolute Gasteiger partial charge is 0.468 e. The summed E-state index contributed by atoms with van der Waals surface area (Å²) in [5, 5.41) is 2.97. The molecule has 0 aromatic heterocycles. The predicted octanol–water partition coefficient (Wildman–Crippen LogP) is 2.62. The van der Waals surface area contributed by atoms with Crippen LogP contribution in [0.2, 0.25) is 0 Å². The van der Waals surface area contributed by atoms with Gasteiger partial charge in [0.1, 0.15) is 0 Å². The van der Waals surface area contributed by atoms with E-state index in [9.17, 15) is 9.59 Å². The van der Waals surface area contributed by atoms with Crippen LogP contribution in [0.25, 0.3) is 0 Å². The van der Waals surface area contributed by atoms with Crippen LogP contribution in [0.5, 0.6) is 0 Å². The number of nitrogens with zero attached hydrogens (tertiary/aromatic N) is 2. The van der Waals surface area contributed by atoms with Crippen molar-refractivity contribution in [2.75, 3.05) is 38.7 Å². The lowest BCUT2D eigenvalue weighted by Gasteiger charge is -2.37. The van der Waals surface area contributed by atoms with Gasteiger partial charge in [-0.3, -0.25) is 14.5 Å².